The molecule has 0 aromatic heterocycles. The standard InChI is InChI=1S/C17H20O/c1-5-9-15(10-6-2)13-14-17(18)16(11-7-3)12-8-4/h5-14H,1,3H2,2,4H3/b10-6-,12-8-,14-13+,15-9+,16-11+. The highest BCUT2D eigenvalue weighted by atomic mass is 16.1. The van der Waals surface area contributed by atoms with Crippen molar-refractivity contribution in [2.45, 2.75) is 13.8 Å². The van der Waals surface area contributed by atoms with E-state index in [-0.39, 0.29) is 5.78 Å². The van der Waals surface area contributed by atoms with Gasteiger partial charge in [-0.2, -0.15) is 0 Å². The van der Waals surface area contributed by atoms with Gasteiger partial charge in [-0.1, -0.05) is 67.8 Å². The second-order valence-corrected chi connectivity index (χ2v) is 3.46. The molecule has 0 aliphatic rings. The third-order valence-electron chi connectivity index (χ3n) is 2.02. The molecule has 1 nitrogen and oxygen atoms in total. The Labute approximate surface area is 110 Å². The maximum Gasteiger partial charge on any atom is 0.185 e. The van der Waals surface area contributed by atoms with Crippen LogP contribution in [0.15, 0.2) is 85.1 Å². The SMILES string of the molecule is C=C/C=C(\C=C/C)/C=C/C(=O)C(/C=C\C)=C/C=C. The molecule has 0 unspecified atom stereocenters. The van der Waals surface area contributed by atoms with E-state index in [1.54, 1.807) is 36.5 Å². The van der Waals surface area contributed by atoms with E-state index in [1.807, 2.05) is 38.2 Å². The first-order valence-corrected chi connectivity index (χ1v) is 5.82. The number of carbonyl (C=O) groups is 1. The summed E-state index contributed by atoms with van der Waals surface area (Å²) in [6.45, 7) is 11.0. The summed E-state index contributed by atoms with van der Waals surface area (Å²) in [7, 11) is 0. The fourth-order valence-electron chi connectivity index (χ4n) is 1.29. The van der Waals surface area contributed by atoms with Crippen LogP contribution in [0.3, 0.4) is 0 Å². The van der Waals surface area contributed by atoms with Gasteiger partial charge in [0.25, 0.3) is 0 Å². The summed E-state index contributed by atoms with van der Waals surface area (Å²) in [5.74, 6) is -0.0486. The zero-order chi connectivity index (χ0) is 13.8. The fraction of sp³-hybridized carbons (Fsp3) is 0.118. The minimum Gasteiger partial charge on any atom is -0.289 e. The van der Waals surface area contributed by atoms with Crippen molar-refractivity contribution in [1.82, 2.24) is 0 Å². The van der Waals surface area contributed by atoms with Gasteiger partial charge in [-0.25, -0.2) is 0 Å². The van der Waals surface area contributed by atoms with Crippen LogP contribution >= 0.6 is 0 Å². The van der Waals surface area contributed by atoms with E-state index in [9.17, 15) is 4.79 Å². The van der Waals surface area contributed by atoms with E-state index in [1.165, 1.54) is 0 Å². The minimum absolute atomic E-state index is 0.0486. The number of hydrogen-bond donors (Lipinski definition) is 0. The molecule has 1 heteroatoms. The first-order valence-electron chi connectivity index (χ1n) is 5.82. The first kappa shape index (κ1) is 15.9. The van der Waals surface area contributed by atoms with E-state index < -0.39 is 0 Å². The Kier molecular flexibility index (Phi) is 8.83. The quantitative estimate of drug-likeness (QED) is 0.473. The monoisotopic (exact) mass is 240 g/mol. The highest BCUT2D eigenvalue weighted by Gasteiger charge is 2.00. The Morgan fingerprint density at radius 1 is 0.833 bits per heavy atom. The molecule has 0 bridgehead atoms. The van der Waals surface area contributed by atoms with E-state index >= 15 is 0 Å². The average molecular weight is 240 g/mol. The largest absolute Gasteiger partial charge is 0.289 e. The van der Waals surface area contributed by atoms with Crippen molar-refractivity contribution in [2.75, 3.05) is 0 Å². The Hall–Kier alpha value is -2.15. The Morgan fingerprint density at radius 2 is 1.44 bits per heavy atom. The normalized spacial score (nSPS) is 13.7. The van der Waals surface area contributed by atoms with Crippen LogP contribution < -0.4 is 0 Å². The van der Waals surface area contributed by atoms with Crippen molar-refractivity contribution >= 4 is 5.78 Å². The van der Waals surface area contributed by atoms with Gasteiger partial charge in [0.05, 0.1) is 0 Å². The zero-order valence-corrected chi connectivity index (χ0v) is 11.1. The van der Waals surface area contributed by atoms with Crippen LogP contribution in [0.5, 0.6) is 0 Å². The lowest BCUT2D eigenvalue weighted by Crippen LogP contribution is -1.95. The molecule has 0 aromatic rings. The van der Waals surface area contributed by atoms with Crippen molar-refractivity contribution in [1.29, 1.82) is 0 Å². The number of rotatable bonds is 7. The summed E-state index contributed by atoms with van der Waals surface area (Å²) < 4.78 is 0. The summed E-state index contributed by atoms with van der Waals surface area (Å²) in [5.41, 5.74) is 1.54. The van der Waals surface area contributed by atoms with Crippen molar-refractivity contribution < 1.29 is 4.79 Å². The third-order valence-corrected chi connectivity index (χ3v) is 2.02. The molecule has 18 heavy (non-hydrogen) atoms. The van der Waals surface area contributed by atoms with Gasteiger partial charge in [0.2, 0.25) is 0 Å². The summed E-state index contributed by atoms with van der Waals surface area (Å²) >= 11 is 0. The molecule has 0 saturated heterocycles. The number of ketones is 1. The number of carbonyl (C=O) groups excluding carboxylic acids is 1. The maximum atomic E-state index is 11.9. The van der Waals surface area contributed by atoms with Crippen molar-refractivity contribution in [3.63, 3.8) is 0 Å². The van der Waals surface area contributed by atoms with Gasteiger partial charge < -0.3 is 0 Å². The predicted octanol–water partition coefficient (Wildman–Crippen LogP) is 4.49. The summed E-state index contributed by atoms with van der Waals surface area (Å²) in [4.78, 5) is 11.9. The molecule has 0 radical (unpaired) electrons. The number of hydrogen-bond acceptors (Lipinski definition) is 1. The van der Waals surface area contributed by atoms with Gasteiger partial charge in [0.15, 0.2) is 5.78 Å². The second-order valence-electron chi connectivity index (χ2n) is 3.46. The van der Waals surface area contributed by atoms with E-state index in [2.05, 4.69) is 13.2 Å². The van der Waals surface area contributed by atoms with E-state index in [0.717, 1.165) is 5.57 Å². The Balaban J connectivity index is 5.02. The molecule has 0 atom stereocenters. The molecule has 94 valence electrons. The Morgan fingerprint density at radius 3 is 1.94 bits per heavy atom. The third kappa shape index (κ3) is 6.44. The summed E-state index contributed by atoms with van der Waals surface area (Å²) in [5, 5.41) is 0. The molecule has 0 heterocycles. The summed E-state index contributed by atoms with van der Waals surface area (Å²) in [6.07, 6.45) is 17.6. The highest BCUT2D eigenvalue weighted by Crippen LogP contribution is 2.05. The van der Waals surface area contributed by atoms with Gasteiger partial charge in [0, 0.05) is 5.57 Å². The molecule has 0 rings (SSSR count). The molecule has 0 aliphatic carbocycles. The molecule has 0 spiro atoms. The molecule has 0 aliphatic heterocycles. The number of allylic oxidation sites excluding steroid dienone is 12. The lowest BCUT2D eigenvalue weighted by atomic mass is 10.1. The summed E-state index contributed by atoms with van der Waals surface area (Å²) in [6, 6.07) is 0. The molecular weight excluding hydrogens is 220 g/mol. The van der Waals surface area contributed by atoms with Crippen LogP contribution in [0.1, 0.15) is 13.8 Å². The van der Waals surface area contributed by atoms with Crippen LogP contribution in [0.25, 0.3) is 0 Å². The molecule has 0 N–H and O–H groups in total. The smallest absolute Gasteiger partial charge is 0.185 e. The molecular formula is C17H20O. The lowest BCUT2D eigenvalue weighted by molar-refractivity contribution is -0.111. The van der Waals surface area contributed by atoms with Gasteiger partial charge in [-0.3, -0.25) is 4.79 Å². The van der Waals surface area contributed by atoms with Crippen molar-refractivity contribution in [3.05, 3.63) is 85.1 Å². The van der Waals surface area contributed by atoms with E-state index in [4.69, 9.17) is 0 Å². The highest BCUT2D eigenvalue weighted by molar-refractivity contribution is 6.06. The topological polar surface area (TPSA) is 17.1 Å². The van der Waals surface area contributed by atoms with Crippen molar-refractivity contribution in [2.24, 2.45) is 0 Å². The first-order chi connectivity index (χ1) is 8.69. The zero-order valence-electron chi connectivity index (χ0n) is 11.1. The molecule has 0 saturated carbocycles. The fourth-order valence-corrected chi connectivity index (χ4v) is 1.29. The van der Waals surface area contributed by atoms with Crippen molar-refractivity contribution in [3.8, 4) is 0 Å². The van der Waals surface area contributed by atoms with Gasteiger partial charge >= 0.3 is 0 Å². The van der Waals surface area contributed by atoms with Gasteiger partial charge in [-0.15, -0.1) is 0 Å². The lowest BCUT2D eigenvalue weighted by Gasteiger charge is -1.95. The van der Waals surface area contributed by atoms with Gasteiger partial charge in [-0.05, 0) is 25.5 Å². The van der Waals surface area contributed by atoms with Crippen LogP contribution in [-0.2, 0) is 4.79 Å². The average Bonchev–Trinajstić information content (AvgIpc) is 2.36. The molecule has 0 amide bonds. The van der Waals surface area contributed by atoms with E-state index in [0.29, 0.717) is 5.57 Å². The van der Waals surface area contributed by atoms with Crippen LogP contribution in [0.4, 0.5) is 0 Å². The second kappa shape index (κ2) is 10.0. The van der Waals surface area contributed by atoms with Crippen LogP contribution in [0.2, 0.25) is 0 Å². The Bertz CT molecular complexity index is 440. The van der Waals surface area contributed by atoms with Crippen LogP contribution in [0, 0.1) is 0 Å². The predicted molar refractivity (Wildman–Crippen MR) is 80.3 cm³/mol. The molecule has 0 fully saturated rings. The maximum absolute atomic E-state index is 11.9. The molecule has 0 aromatic carbocycles. The van der Waals surface area contributed by atoms with Gasteiger partial charge in [0.1, 0.15) is 0 Å². The van der Waals surface area contributed by atoms with Crippen LogP contribution in [-0.4, -0.2) is 5.78 Å². The minimum atomic E-state index is -0.0486.